The first kappa shape index (κ1) is 17.3. The van der Waals surface area contributed by atoms with Gasteiger partial charge in [0.2, 0.25) is 0 Å². The van der Waals surface area contributed by atoms with Crippen LogP contribution in [-0.4, -0.2) is 6.54 Å². The van der Waals surface area contributed by atoms with Gasteiger partial charge in [0.1, 0.15) is 6.17 Å². The minimum Gasteiger partial charge on any atom is -0.358 e. The van der Waals surface area contributed by atoms with E-state index >= 15 is 0 Å². The van der Waals surface area contributed by atoms with E-state index < -0.39 is 5.66 Å². The molecule has 0 saturated carbocycles. The van der Waals surface area contributed by atoms with E-state index in [1.54, 1.807) is 0 Å². The number of benzene rings is 3. The van der Waals surface area contributed by atoms with Gasteiger partial charge in [0, 0.05) is 28.2 Å². The highest BCUT2D eigenvalue weighted by atomic mass is 15.5. The zero-order valence-electron chi connectivity index (χ0n) is 16.0. The number of hydrogen-bond donors (Lipinski definition) is 1. The van der Waals surface area contributed by atoms with E-state index in [0.29, 0.717) is 13.0 Å². The lowest BCUT2D eigenvalue weighted by atomic mass is 9.82. The van der Waals surface area contributed by atoms with E-state index in [-0.39, 0.29) is 6.17 Å². The van der Waals surface area contributed by atoms with Crippen LogP contribution < -0.4 is 15.1 Å². The molecule has 2 atom stereocenters. The summed E-state index contributed by atoms with van der Waals surface area (Å²) in [6, 6.07) is 27.3. The van der Waals surface area contributed by atoms with Gasteiger partial charge in [-0.1, -0.05) is 60.5 Å². The van der Waals surface area contributed by atoms with Crippen molar-refractivity contribution in [2.75, 3.05) is 21.7 Å². The monoisotopic (exact) mass is 375 g/mol. The Balaban J connectivity index is 1.87. The molecule has 2 aliphatic heterocycles. The Hall–Kier alpha value is -3.82. The maximum absolute atomic E-state index is 5.94. The molecule has 2 aliphatic rings. The molecule has 0 spiro atoms. The molecule has 2 unspecified atom stereocenters. The topological polar surface area (TPSA) is 18.5 Å². The average Bonchev–Trinajstić information content (AvgIpc) is 2.77. The van der Waals surface area contributed by atoms with E-state index in [2.05, 4.69) is 99.8 Å². The molecule has 0 amide bonds. The summed E-state index contributed by atoms with van der Waals surface area (Å²) in [5.74, 6) is 5.81. The highest BCUT2D eigenvalue weighted by molar-refractivity contribution is 5.77. The number of anilines is 3. The minimum atomic E-state index is -0.559. The van der Waals surface area contributed by atoms with E-state index in [9.17, 15) is 0 Å². The van der Waals surface area contributed by atoms with Gasteiger partial charge in [0.25, 0.3) is 0 Å². The Kier molecular flexibility index (Phi) is 3.97. The molecule has 140 valence electrons. The summed E-state index contributed by atoms with van der Waals surface area (Å²) in [7, 11) is 0. The van der Waals surface area contributed by atoms with E-state index in [1.165, 1.54) is 5.56 Å². The van der Waals surface area contributed by atoms with E-state index in [0.717, 1.165) is 22.6 Å². The number of rotatable bonds is 3. The minimum absolute atomic E-state index is 0.0610. The molecule has 0 aromatic heterocycles. The van der Waals surface area contributed by atoms with Crippen LogP contribution in [0.15, 0.2) is 78.9 Å². The second kappa shape index (κ2) is 6.66. The molecule has 2 bridgehead atoms. The standard InChI is InChI=1S/C26H21N3/c1-3-18-26-22-15-9-11-17-24(22)28(19-4-2)25(21-14-8-10-16-23(21)27-26)29(26)20-12-6-5-7-13-20/h1-2,5-17,25,27H,18-19H2. The van der Waals surface area contributed by atoms with Gasteiger partial charge in [-0.05, 0) is 24.3 Å². The van der Waals surface area contributed by atoms with Crippen LogP contribution in [0.3, 0.4) is 0 Å². The molecule has 0 aliphatic carbocycles. The molecule has 3 nitrogen and oxygen atoms in total. The van der Waals surface area contributed by atoms with Crippen molar-refractivity contribution in [2.24, 2.45) is 0 Å². The Morgan fingerprint density at radius 2 is 1.59 bits per heavy atom. The molecule has 3 aromatic rings. The fraction of sp³-hybridized carbons (Fsp3) is 0.154. The van der Waals surface area contributed by atoms with Crippen LogP contribution in [0.2, 0.25) is 0 Å². The molecular formula is C26H21N3. The maximum Gasteiger partial charge on any atom is 0.152 e. The number of nitrogens with one attached hydrogen (secondary N) is 1. The maximum atomic E-state index is 5.94. The number of nitrogens with zero attached hydrogens (tertiary/aromatic N) is 2. The zero-order valence-corrected chi connectivity index (χ0v) is 16.0. The first-order chi connectivity index (χ1) is 14.3. The third-order valence-corrected chi connectivity index (χ3v) is 5.84. The van der Waals surface area contributed by atoms with Crippen molar-refractivity contribution in [3.8, 4) is 24.7 Å². The molecule has 0 saturated heterocycles. The fourth-order valence-corrected chi connectivity index (χ4v) is 4.77. The summed E-state index contributed by atoms with van der Waals surface area (Å²) in [5.41, 5.74) is 5.09. The Labute approximate surface area is 172 Å². The van der Waals surface area contributed by atoms with E-state index in [1.807, 2.05) is 6.07 Å². The molecule has 3 heteroatoms. The number of hydrogen-bond acceptors (Lipinski definition) is 3. The highest BCUT2D eigenvalue weighted by Crippen LogP contribution is 2.55. The van der Waals surface area contributed by atoms with Gasteiger partial charge >= 0.3 is 0 Å². The van der Waals surface area contributed by atoms with Crippen LogP contribution in [0, 0.1) is 24.7 Å². The molecule has 1 N–H and O–H groups in total. The van der Waals surface area contributed by atoms with Crippen molar-refractivity contribution in [3.63, 3.8) is 0 Å². The van der Waals surface area contributed by atoms with Crippen LogP contribution in [-0.2, 0) is 5.66 Å². The third kappa shape index (κ3) is 2.42. The molecular weight excluding hydrogens is 354 g/mol. The summed E-state index contributed by atoms with van der Waals surface area (Å²) in [5, 5.41) is 3.82. The predicted octanol–water partition coefficient (Wildman–Crippen LogP) is 4.95. The predicted molar refractivity (Wildman–Crippen MR) is 119 cm³/mol. The lowest BCUT2D eigenvalue weighted by molar-refractivity contribution is 0.366. The Morgan fingerprint density at radius 3 is 2.38 bits per heavy atom. The van der Waals surface area contributed by atoms with Crippen molar-refractivity contribution in [1.82, 2.24) is 0 Å². The fourth-order valence-electron chi connectivity index (χ4n) is 4.77. The lowest BCUT2D eigenvalue weighted by Gasteiger charge is -2.60. The van der Waals surface area contributed by atoms with E-state index in [4.69, 9.17) is 12.8 Å². The van der Waals surface area contributed by atoms with Gasteiger partial charge in [-0.2, -0.15) is 0 Å². The van der Waals surface area contributed by atoms with Crippen molar-refractivity contribution in [3.05, 3.63) is 90.0 Å². The van der Waals surface area contributed by atoms with Gasteiger partial charge in [-0.3, -0.25) is 0 Å². The summed E-state index contributed by atoms with van der Waals surface area (Å²) in [6.45, 7) is 0.505. The van der Waals surface area contributed by atoms with Crippen molar-refractivity contribution in [2.45, 2.75) is 18.2 Å². The summed E-state index contributed by atoms with van der Waals surface area (Å²) < 4.78 is 0. The summed E-state index contributed by atoms with van der Waals surface area (Å²) in [6.07, 6.45) is 12.2. The number of terminal acetylenes is 2. The zero-order chi connectivity index (χ0) is 19.8. The molecule has 0 radical (unpaired) electrons. The van der Waals surface area contributed by atoms with Gasteiger partial charge in [0.05, 0.1) is 13.0 Å². The summed E-state index contributed by atoms with van der Waals surface area (Å²) >= 11 is 0. The second-order valence-electron chi connectivity index (χ2n) is 7.38. The van der Waals surface area contributed by atoms with Crippen molar-refractivity contribution >= 4 is 17.1 Å². The quantitative estimate of drug-likeness (QED) is 0.654. The third-order valence-electron chi connectivity index (χ3n) is 5.84. The van der Waals surface area contributed by atoms with Gasteiger partial charge in [0.15, 0.2) is 5.66 Å². The lowest BCUT2D eigenvalue weighted by Crippen LogP contribution is -2.64. The first-order valence-corrected chi connectivity index (χ1v) is 9.75. The molecule has 29 heavy (non-hydrogen) atoms. The van der Waals surface area contributed by atoms with Crippen molar-refractivity contribution < 1.29 is 0 Å². The molecule has 0 fully saturated rings. The van der Waals surface area contributed by atoms with Crippen LogP contribution in [0.4, 0.5) is 17.1 Å². The Bertz CT molecular complexity index is 1140. The highest BCUT2D eigenvalue weighted by Gasteiger charge is 2.53. The smallest absolute Gasteiger partial charge is 0.152 e. The largest absolute Gasteiger partial charge is 0.358 e. The van der Waals surface area contributed by atoms with Crippen LogP contribution in [0.5, 0.6) is 0 Å². The van der Waals surface area contributed by atoms with Crippen LogP contribution in [0.25, 0.3) is 0 Å². The van der Waals surface area contributed by atoms with Crippen LogP contribution >= 0.6 is 0 Å². The number of para-hydroxylation sites is 3. The van der Waals surface area contributed by atoms with Gasteiger partial charge in [-0.15, -0.1) is 18.8 Å². The van der Waals surface area contributed by atoms with Crippen molar-refractivity contribution in [1.29, 1.82) is 0 Å². The Morgan fingerprint density at radius 1 is 0.862 bits per heavy atom. The SMILES string of the molecule is C#CCN1c2ccccc2C2(CC#C)Nc3ccccc3C1N2c1ccccc1. The summed E-state index contributed by atoms with van der Waals surface area (Å²) in [4.78, 5) is 4.70. The molecule has 5 rings (SSSR count). The van der Waals surface area contributed by atoms with Crippen LogP contribution in [0.1, 0.15) is 23.7 Å². The van der Waals surface area contributed by atoms with Gasteiger partial charge in [-0.25, -0.2) is 0 Å². The van der Waals surface area contributed by atoms with Gasteiger partial charge < -0.3 is 15.1 Å². The normalized spacial score (nSPS) is 21.2. The molecule has 3 aromatic carbocycles. The average molecular weight is 375 g/mol. The first-order valence-electron chi connectivity index (χ1n) is 9.75. The molecule has 2 heterocycles. The number of fused-ring (bicyclic) bond motifs is 6. The second-order valence-corrected chi connectivity index (χ2v) is 7.38.